The van der Waals surface area contributed by atoms with Gasteiger partial charge in [-0.2, -0.15) is 0 Å². The Morgan fingerprint density at radius 2 is 1.48 bits per heavy atom. The Morgan fingerprint density at radius 1 is 0.880 bits per heavy atom. The Hall–Kier alpha value is -1.75. The van der Waals surface area contributed by atoms with E-state index in [9.17, 15) is 0 Å². The van der Waals surface area contributed by atoms with Crippen molar-refractivity contribution in [3.05, 3.63) is 45.8 Å². The summed E-state index contributed by atoms with van der Waals surface area (Å²) >= 11 is 18.7. The molecule has 0 amide bonds. The van der Waals surface area contributed by atoms with Gasteiger partial charge in [-0.3, -0.25) is 0 Å². The highest BCUT2D eigenvalue weighted by Crippen LogP contribution is 2.46. The smallest absolute Gasteiger partial charge is 0.222 e. The van der Waals surface area contributed by atoms with Crippen LogP contribution in [-0.4, -0.2) is 24.2 Å². The molecule has 0 atom stereocenters. The lowest BCUT2D eigenvalue weighted by Gasteiger charge is -2.15. The zero-order valence-corrected chi connectivity index (χ0v) is 16.5. The summed E-state index contributed by atoms with van der Waals surface area (Å²) in [6.45, 7) is 4.00. The van der Waals surface area contributed by atoms with Gasteiger partial charge in [-0.25, -0.2) is 9.97 Å². The molecule has 0 N–H and O–H groups in total. The molecule has 0 aliphatic heterocycles. The van der Waals surface area contributed by atoms with Crippen molar-refractivity contribution in [2.24, 2.45) is 0 Å². The number of hydrogen-bond acceptors (Lipinski definition) is 4. The molecule has 3 aromatic rings. The molecule has 1 aromatic heterocycles. The fourth-order valence-corrected chi connectivity index (χ4v) is 3.16. The minimum Gasteiger partial charge on any atom is -0.495 e. The summed E-state index contributed by atoms with van der Waals surface area (Å²) in [5, 5.41) is 1.84. The van der Waals surface area contributed by atoms with E-state index in [0.29, 0.717) is 27.1 Å². The molecule has 2 aromatic carbocycles. The quantitative estimate of drug-likeness (QED) is 0.485. The van der Waals surface area contributed by atoms with Crippen LogP contribution in [0.15, 0.2) is 30.5 Å². The summed E-state index contributed by atoms with van der Waals surface area (Å²) in [5.41, 5.74) is 2.16. The molecule has 0 aliphatic rings. The van der Waals surface area contributed by atoms with Crippen LogP contribution < -0.4 is 9.47 Å². The fourth-order valence-electron chi connectivity index (χ4n) is 2.31. The zero-order valence-electron chi connectivity index (χ0n) is 14.2. The average molecular weight is 400 g/mol. The Bertz CT molecular complexity index is 873. The molecule has 0 spiro atoms. The van der Waals surface area contributed by atoms with Crippen molar-refractivity contribution in [3.8, 4) is 22.6 Å². The second-order valence-corrected chi connectivity index (χ2v) is 5.79. The van der Waals surface area contributed by atoms with Gasteiger partial charge in [-0.15, -0.1) is 0 Å². The third-order valence-electron chi connectivity index (χ3n) is 3.41. The Morgan fingerprint density at radius 3 is 2.04 bits per heavy atom. The largest absolute Gasteiger partial charge is 0.495 e. The lowest BCUT2D eigenvalue weighted by atomic mass is 10.0. The number of halogens is 3. The van der Waals surface area contributed by atoms with E-state index >= 15 is 0 Å². The first kappa shape index (κ1) is 19.6. The zero-order chi connectivity index (χ0) is 18.6. The van der Waals surface area contributed by atoms with Crippen molar-refractivity contribution < 1.29 is 9.47 Å². The topological polar surface area (TPSA) is 44.2 Å². The highest BCUT2D eigenvalue weighted by molar-refractivity contribution is 6.41. The van der Waals surface area contributed by atoms with Crippen LogP contribution in [0, 0.1) is 0 Å². The van der Waals surface area contributed by atoms with Crippen LogP contribution in [-0.2, 0) is 0 Å². The number of hydrogen-bond donors (Lipinski definition) is 0. The number of fused-ring (bicyclic) bond motifs is 1. The molecule has 0 radical (unpaired) electrons. The van der Waals surface area contributed by atoms with E-state index in [4.69, 9.17) is 44.3 Å². The van der Waals surface area contributed by atoms with Gasteiger partial charge < -0.3 is 9.47 Å². The van der Waals surface area contributed by atoms with Crippen molar-refractivity contribution in [2.45, 2.75) is 13.8 Å². The highest BCUT2D eigenvalue weighted by atomic mass is 35.5. The van der Waals surface area contributed by atoms with Gasteiger partial charge in [-0.05, 0) is 29.3 Å². The van der Waals surface area contributed by atoms with Gasteiger partial charge >= 0.3 is 0 Å². The first-order valence-corrected chi connectivity index (χ1v) is 8.71. The predicted molar refractivity (Wildman–Crippen MR) is 104 cm³/mol. The summed E-state index contributed by atoms with van der Waals surface area (Å²) in [7, 11) is 3.07. The monoisotopic (exact) mass is 398 g/mol. The van der Waals surface area contributed by atoms with Crippen LogP contribution in [0.1, 0.15) is 13.8 Å². The first-order valence-electron chi connectivity index (χ1n) is 7.57. The van der Waals surface area contributed by atoms with Gasteiger partial charge in [0, 0.05) is 23.2 Å². The molecule has 7 heteroatoms. The third-order valence-corrected chi connectivity index (χ3v) is 4.35. The summed E-state index contributed by atoms with van der Waals surface area (Å²) in [5.74, 6) is 0.964. The fraction of sp³-hybridized carbons (Fsp3) is 0.222. The highest BCUT2D eigenvalue weighted by Gasteiger charge is 2.19. The second-order valence-electron chi connectivity index (χ2n) is 4.70. The van der Waals surface area contributed by atoms with Gasteiger partial charge in [0.05, 0.1) is 29.8 Å². The maximum atomic E-state index is 6.44. The SMILES string of the molecule is CC.COc1cc(OC)c(Cl)c(-c2ccc3nc(Cl)ncc3c2)c1Cl. The van der Waals surface area contributed by atoms with Crippen LogP contribution in [0.25, 0.3) is 22.0 Å². The molecule has 132 valence electrons. The molecule has 1 heterocycles. The summed E-state index contributed by atoms with van der Waals surface area (Å²) in [4.78, 5) is 8.16. The molecular weight excluding hydrogens is 383 g/mol. The van der Waals surface area contributed by atoms with Crippen LogP contribution >= 0.6 is 34.8 Å². The lowest BCUT2D eigenvalue weighted by Crippen LogP contribution is -1.93. The van der Waals surface area contributed by atoms with Crippen molar-refractivity contribution in [1.29, 1.82) is 0 Å². The normalized spacial score (nSPS) is 10.2. The van der Waals surface area contributed by atoms with Crippen molar-refractivity contribution in [3.63, 3.8) is 0 Å². The lowest BCUT2D eigenvalue weighted by molar-refractivity contribution is 0.395. The van der Waals surface area contributed by atoms with Crippen LogP contribution in [0.5, 0.6) is 11.5 Å². The van der Waals surface area contributed by atoms with Gasteiger partial charge in [0.15, 0.2) is 0 Å². The maximum absolute atomic E-state index is 6.44. The van der Waals surface area contributed by atoms with Crippen LogP contribution in [0.3, 0.4) is 0 Å². The number of aromatic nitrogens is 2. The molecular formula is C18H17Cl3N2O2. The number of ether oxygens (including phenoxy) is 2. The third kappa shape index (κ3) is 3.92. The van der Waals surface area contributed by atoms with E-state index in [-0.39, 0.29) is 5.28 Å². The number of benzene rings is 2. The van der Waals surface area contributed by atoms with E-state index in [1.165, 1.54) is 14.2 Å². The Balaban J connectivity index is 0.00000109. The summed E-state index contributed by atoms with van der Waals surface area (Å²) in [6.07, 6.45) is 1.65. The predicted octanol–water partition coefficient (Wildman–Crippen LogP) is 6.30. The van der Waals surface area contributed by atoms with E-state index in [0.717, 1.165) is 16.5 Å². The van der Waals surface area contributed by atoms with E-state index in [1.54, 1.807) is 12.3 Å². The number of nitrogens with zero attached hydrogens (tertiary/aromatic N) is 2. The first-order chi connectivity index (χ1) is 12.0. The number of methoxy groups -OCH3 is 2. The average Bonchev–Trinajstić information content (AvgIpc) is 2.64. The maximum Gasteiger partial charge on any atom is 0.222 e. The standard InChI is InChI=1S/C16H11Cl3N2O2.C2H6/c1-22-11-6-12(23-2)15(18)13(14(11)17)8-3-4-10-9(5-8)7-20-16(19)21-10;1-2/h3-7H,1-2H3;1-2H3. The van der Waals surface area contributed by atoms with Crippen molar-refractivity contribution in [1.82, 2.24) is 9.97 Å². The molecule has 0 bridgehead atoms. The Labute approximate surface area is 161 Å². The van der Waals surface area contributed by atoms with Gasteiger partial charge in [0.25, 0.3) is 0 Å². The molecule has 4 nitrogen and oxygen atoms in total. The van der Waals surface area contributed by atoms with Crippen LogP contribution in [0.4, 0.5) is 0 Å². The number of rotatable bonds is 3. The Kier molecular flexibility index (Phi) is 6.71. The van der Waals surface area contributed by atoms with Crippen molar-refractivity contribution >= 4 is 45.7 Å². The summed E-state index contributed by atoms with van der Waals surface area (Å²) < 4.78 is 10.6. The van der Waals surface area contributed by atoms with E-state index < -0.39 is 0 Å². The van der Waals surface area contributed by atoms with Crippen LogP contribution in [0.2, 0.25) is 15.3 Å². The van der Waals surface area contributed by atoms with Crippen molar-refractivity contribution in [2.75, 3.05) is 14.2 Å². The summed E-state index contributed by atoms with van der Waals surface area (Å²) in [6, 6.07) is 7.23. The molecule has 0 fully saturated rings. The van der Waals surface area contributed by atoms with Gasteiger partial charge in [0.1, 0.15) is 11.5 Å². The molecule has 0 saturated heterocycles. The minimum absolute atomic E-state index is 0.198. The molecule has 0 aliphatic carbocycles. The minimum atomic E-state index is 0.198. The molecule has 3 rings (SSSR count). The van der Waals surface area contributed by atoms with E-state index in [2.05, 4.69) is 9.97 Å². The molecule has 0 saturated carbocycles. The molecule has 0 unspecified atom stereocenters. The molecule has 25 heavy (non-hydrogen) atoms. The van der Waals surface area contributed by atoms with Gasteiger partial charge in [-0.1, -0.05) is 43.1 Å². The van der Waals surface area contributed by atoms with E-state index in [1.807, 2.05) is 32.0 Å². The van der Waals surface area contributed by atoms with Gasteiger partial charge in [0.2, 0.25) is 5.28 Å². The second kappa shape index (κ2) is 8.56.